The highest BCUT2D eigenvalue weighted by Crippen LogP contribution is 2.36. The van der Waals surface area contributed by atoms with Gasteiger partial charge < -0.3 is 4.90 Å². The van der Waals surface area contributed by atoms with Gasteiger partial charge in [0.2, 0.25) is 0 Å². The van der Waals surface area contributed by atoms with Gasteiger partial charge in [0.25, 0.3) is 0 Å². The number of hydrazone groups is 2. The highest BCUT2D eigenvalue weighted by atomic mass is 15.5. The van der Waals surface area contributed by atoms with Gasteiger partial charge in [0.1, 0.15) is 0 Å². The molecule has 2 aliphatic rings. The van der Waals surface area contributed by atoms with Crippen LogP contribution in [-0.2, 0) is 0 Å². The Balaban J connectivity index is 1.37. The summed E-state index contributed by atoms with van der Waals surface area (Å²) in [5, 5.41) is 14.1. The Kier molecular flexibility index (Phi) is 5.99. The Hall–Kier alpha value is -3.44. The SMILES string of the molecule is C[NH+]1CCN(/N=C\c2ccc(N3N=C(c4ccccc4)C[C@@H]3c3ccccc3)cc2)CC1. The third-order valence-electron chi connectivity index (χ3n) is 6.32. The van der Waals surface area contributed by atoms with E-state index in [1.54, 1.807) is 4.90 Å². The number of hydrogen-bond acceptors (Lipinski definition) is 4. The average molecular weight is 425 g/mol. The zero-order valence-corrected chi connectivity index (χ0v) is 18.6. The molecule has 1 saturated heterocycles. The van der Waals surface area contributed by atoms with Gasteiger partial charge in [0.15, 0.2) is 0 Å². The van der Waals surface area contributed by atoms with Crippen molar-refractivity contribution in [3.63, 3.8) is 0 Å². The van der Waals surface area contributed by atoms with E-state index in [2.05, 4.69) is 107 Å². The minimum absolute atomic E-state index is 0.193. The van der Waals surface area contributed by atoms with Gasteiger partial charge in [-0.15, -0.1) is 0 Å². The zero-order valence-electron chi connectivity index (χ0n) is 18.6. The van der Waals surface area contributed by atoms with Crippen molar-refractivity contribution in [2.24, 2.45) is 10.2 Å². The lowest BCUT2D eigenvalue weighted by Crippen LogP contribution is -3.11. The van der Waals surface area contributed by atoms with E-state index in [0.29, 0.717) is 0 Å². The molecule has 0 unspecified atom stereocenters. The number of piperazine rings is 1. The van der Waals surface area contributed by atoms with Crippen LogP contribution in [0.2, 0.25) is 0 Å². The maximum atomic E-state index is 5.05. The fourth-order valence-corrected chi connectivity index (χ4v) is 4.34. The highest BCUT2D eigenvalue weighted by Gasteiger charge is 2.29. The first-order valence-corrected chi connectivity index (χ1v) is 11.4. The fourth-order valence-electron chi connectivity index (χ4n) is 4.34. The molecule has 1 atom stereocenters. The lowest BCUT2D eigenvalue weighted by Gasteiger charge is -2.27. The Morgan fingerprint density at radius 3 is 2.22 bits per heavy atom. The molecule has 1 fully saturated rings. The van der Waals surface area contributed by atoms with E-state index >= 15 is 0 Å². The van der Waals surface area contributed by atoms with Gasteiger partial charge in [-0.3, -0.25) is 10.0 Å². The summed E-state index contributed by atoms with van der Waals surface area (Å²) in [5.74, 6) is 0. The number of rotatable bonds is 5. The second-order valence-electron chi connectivity index (χ2n) is 8.63. The lowest BCUT2D eigenvalue weighted by atomic mass is 9.98. The highest BCUT2D eigenvalue weighted by molar-refractivity contribution is 6.03. The van der Waals surface area contributed by atoms with Crippen molar-refractivity contribution in [2.75, 3.05) is 38.2 Å². The number of benzene rings is 3. The maximum absolute atomic E-state index is 5.05. The monoisotopic (exact) mass is 424 g/mol. The van der Waals surface area contributed by atoms with Gasteiger partial charge in [-0.05, 0) is 28.8 Å². The third-order valence-corrected chi connectivity index (χ3v) is 6.32. The molecule has 2 aliphatic heterocycles. The van der Waals surface area contributed by atoms with Gasteiger partial charge in [0.05, 0.1) is 56.9 Å². The smallest absolute Gasteiger partial charge is 0.0964 e. The molecule has 0 bridgehead atoms. The molecule has 5 rings (SSSR count). The van der Waals surface area contributed by atoms with Gasteiger partial charge in [-0.2, -0.15) is 10.2 Å². The van der Waals surface area contributed by atoms with Crippen molar-refractivity contribution < 1.29 is 4.90 Å². The van der Waals surface area contributed by atoms with Crippen LogP contribution in [0.15, 0.2) is 95.1 Å². The van der Waals surface area contributed by atoms with Crippen molar-refractivity contribution in [3.8, 4) is 0 Å². The fraction of sp³-hybridized carbons (Fsp3) is 0.259. The Morgan fingerprint density at radius 1 is 0.875 bits per heavy atom. The van der Waals surface area contributed by atoms with Crippen molar-refractivity contribution in [3.05, 3.63) is 102 Å². The first-order chi connectivity index (χ1) is 15.8. The van der Waals surface area contributed by atoms with E-state index in [1.807, 2.05) is 6.21 Å². The van der Waals surface area contributed by atoms with Crippen LogP contribution >= 0.6 is 0 Å². The normalized spacial score (nSPS) is 19.5. The van der Waals surface area contributed by atoms with Crippen LogP contribution in [0.3, 0.4) is 0 Å². The molecule has 0 aliphatic carbocycles. The van der Waals surface area contributed by atoms with E-state index in [-0.39, 0.29) is 6.04 Å². The largest absolute Gasteiger partial charge is 0.334 e. The van der Waals surface area contributed by atoms with Crippen LogP contribution in [0.4, 0.5) is 5.69 Å². The number of nitrogens with one attached hydrogen (secondary N) is 1. The van der Waals surface area contributed by atoms with E-state index in [1.165, 1.54) is 11.1 Å². The summed E-state index contributed by atoms with van der Waals surface area (Å²) in [6.07, 6.45) is 2.87. The predicted octanol–water partition coefficient (Wildman–Crippen LogP) is 3.21. The van der Waals surface area contributed by atoms with Gasteiger partial charge >= 0.3 is 0 Å². The maximum Gasteiger partial charge on any atom is 0.0964 e. The first-order valence-electron chi connectivity index (χ1n) is 11.4. The third kappa shape index (κ3) is 4.58. The van der Waals surface area contributed by atoms with Crippen LogP contribution in [0.5, 0.6) is 0 Å². The molecule has 2 heterocycles. The van der Waals surface area contributed by atoms with Crippen molar-refractivity contribution in [1.29, 1.82) is 0 Å². The molecule has 3 aromatic carbocycles. The zero-order chi connectivity index (χ0) is 21.8. The van der Waals surface area contributed by atoms with E-state index in [4.69, 9.17) is 5.10 Å². The predicted molar refractivity (Wildman–Crippen MR) is 131 cm³/mol. The number of anilines is 1. The molecular formula is C27H30N5+. The van der Waals surface area contributed by atoms with Crippen LogP contribution in [0.1, 0.15) is 29.2 Å². The quantitative estimate of drug-likeness (QED) is 0.639. The molecule has 3 aromatic rings. The van der Waals surface area contributed by atoms with Gasteiger partial charge in [0, 0.05) is 6.42 Å². The molecule has 0 aromatic heterocycles. The van der Waals surface area contributed by atoms with E-state index in [0.717, 1.165) is 49.6 Å². The molecule has 0 amide bonds. The van der Waals surface area contributed by atoms with Crippen LogP contribution in [-0.4, -0.2) is 50.2 Å². The summed E-state index contributed by atoms with van der Waals surface area (Å²) in [4.78, 5) is 1.58. The van der Waals surface area contributed by atoms with Gasteiger partial charge in [-0.25, -0.2) is 0 Å². The first kappa shape index (κ1) is 20.5. The number of nitrogens with zero attached hydrogens (tertiary/aromatic N) is 4. The van der Waals surface area contributed by atoms with Crippen molar-refractivity contribution >= 4 is 17.6 Å². The average Bonchev–Trinajstić information content (AvgIpc) is 3.31. The van der Waals surface area contributed by atoms with Crippen molar-refractivity contribution in [2.45, 2.75) is 12.5 Å². The number of likely N-dealkylation sites (N-methyl/N-ethyl adjacent to an activating group) is 1. The molecule has 1 N–H and O–H groups in total. The lowest BCUT2D eigenvalue weighted by molar-refractivity contribution is -0.884. The van der Waals surface area contributed by atoms with Crippen LogP contribution < -0.4 is 9.91 Å². The summed E-state index contributed by atoms with van der Waals surface area (Å²) >= 11 is 0. The minimum atomic E-state index is 0.193. The summed E-state index contributed by atoms with van der Waals surface area (Å²) in [5.41, 5.74) is 5.81. The second kappa shape index (κ2) is 9.37. The molecule has 0 saturated carbocycles. The molecule has 32 heavy (non-hydrogen) atoms. The van der Waals surface area contributed by atoms with E-state index in [9.17, 15) is 0 Å². The summed E-state index contributed by atoms with van der Waals surface area (Å²) in [7, 11) is 2.24. The Labute approximate surface area is 190 Å². The Morgan fingerprint density at radius 2 is 1.53 bits per heavy atom. The summed E-state index contributed by atoms with van der Waals surface area (Å²) in [6, 6.07) is 29.9. The summed E-state index contributed by atoms with van der Waals surface area (Å²) in [6.45, 7) is 4.33. The second-order valence-corrected chi connectivity index (χ2v) is 8.63. The van der Waals surface area contributed by atoms with Gasteiger partial charge in [-0.1, -0.05) is 72.8 Å². The topological polar surface area (TPSA) is 35.6 Å². The van der Waals surface area contributed by atoms with E-state index < -0.39 is 0 Å². The molecule has 0 spiro atoms. The minimum Gasteiger partial charge on any atom is -0.334 e. The van der Waals surface area contributed by atoms with Crippen molar-refractivity contribution in [1.82, 2.24) is 5.01 Å². The number of hydrogen-bond donors (Lipinski definition) is 1. The number of quaternary nitrogens is 1. The Bertz CT molecular complexity index is 1070. The molecule has 5 heteroatoms. The van der Waals surface area contributed by atoms with Crippen LogP contribution in [0.25, 0.3) is 0 Å². The molecule has 5 nitrogen and oxygen atoms in total. The molecule has 162 valence electrons. The van der Waals surface area contributed by atoms with Crippen LogP contribution in [0, 0.1) is 0 Å². The summed E-state index contributed by atoms with van der Waals surface area (Å²) < 4.78 is 0. The molecule has 0 radical (unpaired) electrons. The standard InChI is InChI=1S/C27H29N5/c1-30-16-18-31(19-17-30)28-21-22-12-14-25(15-13-22)32-27(24-10-6-3-7-11-24)20-26(29-32)23-8-4-2-5-9-23/h2-15,21,27H,16-20H2,1H3/p+1/b28-21-/t27-/m1/s1. The molecular weight excluding hydrogens is 394 g/mol.